The van der Waals surface area contributed by atoms with E-state index in [0.717, 1.165) is 36.5 Å². The van der Waals surface area contributed by atoms with Crippen LogP contribution in [-0.4, -0.2) is 54.3 Å². The van der Waals surface area contributed by atoms with Gasteiger partial charge < -0.3 is 14.4 Å². The first-order valence-corrected chi connectivity index (χ1v) is 14.1. The van der Waals surface area contributed by atoms with Crippen LogP contribution in [0.5, 0.6) is 5.75 Å². The smallest absolute Gasteiger partial charge is 0.440 e. The van der Waals surface area contributed by atoms with Crippen molar-refractivity contribution in [2.45, 2.75) is 84.4 Å². The number of carbonyl (C=O) groups excluding carboxylic acids is 2. The highest BCUT2D eigenvalue weighted by molar-refractivity contribution is 5.96. The van der Waals surface area contributed by atoms with Gasteiger partial charge in [-0.1, -0.05) is 32.4 Å². The molecule has 3 rings (SSSR count). The molecule has 0 unspecified atom stereocenters. The fraction of sp³-hybridized carbons (Fsp3) is 0.533. The van der Waals surface area contributed by atoms with Gasteiger partial charge in [0.15, 0.2) is 0 Å². The Labute approximate surface area is 254 Å². The summed E-state index contributed by atoms with van der Waals surface area (Å²) in [4.78, 5) is 28.7. The first kappa shape index (κ1) is 35.8. The zero-order valence-corrected chi connectivity index (χ0v) is 24.8. The van der Waals surface area contributed by atoms with Crippen LogP contribution in [-0.2, 0) is 16.1 Å². The first-order valence-electron chi connectivity index (χ1n) is 14.1. The minimum absolute atomic E-state index is 0.0468. The Morgan fingerprint density at radius 1 is 1.07 bits per heavy atom. The number of allylic oxidation sites excluding steroid dienone is 5. The number of hydrogen-bond acceptors (Lipinski definition) is 4. The number of cyclic esters (lactones) is 1. The van der Waals surface area contributed by atoms with E-state index in [-0.39, 0.29) is 41.6 Å². The summed E-state index contributed by atoms with van der Waals surface area (Å²) in [7, 11) is 0. The van der Waals surface area contributed by atoms with Crippen molar-refractivity contribution in [3.8, 4) is 5.75 Å². The van der Waals surface area contributed by atoms with Gasteiger partial charge in [0, 0.05) is 18.2 Å². The average molecular weight is 657 g/mol. The van der Waals surface area contributed by atoms with E-state index < -0.39 is 60.4 Å². The summed E-state index contributed by atoms with van der Waals surface area (Å²) in [6.07, 6.45) is -13.9. The molecule has 1 aliphatic carbocycles. The second-order valence-electron chi connectivity index (χ2n) is 11.2. The summed E-state index contributed by atoms with van der Waals surface area (Å²) in [6, 6.07) is 2.33. The molecule has 0 spiro atoms. The van der Waals surface area contributed by atoms with E-state index in [1.165, 1.54) is 17.9 Å². The number of amides is 2. The molecule has 0 radical (unpaired) electrons. The lowest BCUT2D eigenvalue weighted by atomic mass is 9.84. The minimum atomic E-state index is -5.18. The summed E-state index contributed by atoms with van der Waals surface area (Å²) in [6.45, 7) is 5.81. The molecule has 2 aliphatic rings. The lowest BCUT2D eigenvalue weighted by Gasteiger charge is -2.34. The summed E-state index contributed by atoms with van der Waals surface area (Å²) < 4.78 is 128. The molecule has 1 aromatic rings. The van der Waals surface area contributed by atoms with Crippen molar-refractivity contribution < 1.29 is 58.6 Å². The van der Waals surface area contributed by atoms with Crippen molar-refractivity contribution in [3.05, 3.63) is 59.2 Å². The third kappa shape index (κ3) is 9.42. The maximum atomic E-state index is 13.6. The molecule has 2 amide bonds. The van der Waals surface area contributed by atoms with E-state index in [0.29, 0.717) is 25.0 Å². The zero-order chi connectivity index (χ0) is 33.9. The van der Waals surface area contributed by atoms with Gasteiger partial charge in [-0.25, -0.2) is 4.79 Å². The van der Waals surface area contributed by atoms with Gasteiger partial charge in [-0.15, -0.1) is 13.2 Å². The number of halogens is 9. The number of anilines is 1. The average Bonchev–Trinajstić information content (AvgIpc) is 3.11. The van der Waals surface area contributed by atoms with Gasteiger partial charge in [-0.2, -0.15) is 26.3 Å². The fourth-order valence-electron chi connectivity index (χ4n) is 4.83. The minimum Gasteiger partial charge on any atom is -0.440 e. The van der Waals surface area contributed by atoms with Crippen LogP contribution in [0.1, 0.15) is 52.5 Å². The summed E-state index contributed by atoms with van der Waals surface area (Å²) in [5.74, 6) is -1.18. The molecule has 1 aromatic carbocycles. The Morgan fingerprint density at radius 2 is 1.69 bits per heavy atom. The van der Waals surface area contributed by atoms with Crippen LogP contribution in [0.3, 0.4) is 0 Å². The summed E-state index contributed by atoms with van der Waals surface area (Å²) >= 11 is 0. The van der Waals surface area contributed by atoms with Gasteiger partial charge in [0.05, 0.1) is 23.7 Å². The molecule has 0 bridgehead atoms. The second kappa shape index (κ2) is 13.8. The number of ether oxygens (including phenoxy) is 2. The van der Waals surface area contributed by atoms with Crippen molar-refractivity contribution in [1.82, 2.24) is 4.90 Å². The molecule has 2 fully saturated rings. The van der Waals surface area contributed by atoms with Crippen molar-refractivity contribution >= 4 is 17.7 Å². The molecule has 1 saturated heterocycles. The van der Waals surface area contributed by atoms with Gasteiger partial charge in [0.1, 0.15) is 11.9 Å². The van der Waals surface area contributed by atoms with Crippen molar-refractivity contribution in [2.24, 2.45) is 11.8 Å². The van der Waals surface area contributed by atoms with E-state index in [2.05, 4.69) is 4.74 Å². The monoisotopic (exact) mass is 656 g/mol. The van der Waals surface area contributed by atoms with Crippen LogP contribution < -0.4 is 9.64 Å². The second-order valence-corrected chi connectivity index (χ2v) is 11.2. The van der Waals surface area contributed by atoms with Crippen LogP contribution in [0.2, 0.25) is 0 Å². The molecule has 0 aromatic heterocycles. The topological polar surface area (TPSA) is 59.1 Å². The Morgan fingerprint density at radius 3 is 2.18 bits per heavy atom. The van der Waals surface area contributed by atoms with Crippen molar-refractivity contribution in [1.29, 1.82) is 0 Å². The molecular weight excluding hydrogens is 623 g/mol. The maximum absolute atomic E-state index is 13.6. The Balaban J connectivity index is 1.97. The van der Waals surface area contributed by atoms with Crippen molar-refractivity contribution in [2.75, 3.05) is 11.4 Å². The van der Waals surface area contributed by atoms with E-state index in [1.54, 1.807) is 0 Å². The van der Waals surface area contributed by atoms with Gasteiger partial charge in [0.25, 0.3) is 0 Å². The molecule has 1 heterocycles. The highest BCUT2D eigenvalue weighted by Gasteiger charge is 2.41. The number of hydrogen-bond donors (Lipinski definition) is 0. The zero-order valence-electron chi connectivity index (χ0n) is 24.8. The lowest BCUT2D eigenvalue weighted by molar-refractivity contribution is -0.274. The third-order valence-corrected chi connectivity index (χ3v) is 7.36. The van der Waals surface area contributed by atoms with Gasteiger partial charge in [0.2, 0.25) is 5.91 Å². The molecule has 2 atom stereocenters. The molecule has 6 nitrogen and oxygen atoms in total. The molecule has 250 valence electrons. The SMILES string of the molecule is C\C=C(/C=C(\C=C\[C@H]1OC(=O)N(Cc2cc(OC(F)(F)F)ccc2N(CC(C)C)C(=O)C2CCC2)[C@H]1C)C(F)(F)F)C(F)(F)F. The highest BCUT2D eigenvalue weighted by atomic mass is 19.4. The van der Waals surface area contributed by atoms with E-state index in [1.807, 2.05) is 13.8 Å². The predicted molar refractivity (Wildman–Crippen MR) is 146 cm³/mol. The molecule has 45 heavy (non-hydrogen) atoms. The number of alkyl halides is 9. The molecular formula is C30H33F9N2O4. The van der Waals surface area contributed by atoms with Crippen molar-refractivity contribution in [3.63, 3.8) is 0 Å². The third-order valence-electron chi connectivity index (χ3n) is 7.36. The van der Waals surface area contributed by atoms with Gasteiger partial charge in [-0.05, 0) is 68.5 Å². The number of nitrogens with zero attached hydrogens (tertiary/aromatic N) is 2. The van der Waals surface area contributed by atoms with E-state index in [4.69, 9.17) is 4.74 Å². The molecule has 15 heteroatoms. The van der Waals surface area contributed by atoms with Crippen LogP contribution in [0.25, 0.3) is 0 Å². The van der Waals surface area contributed by atoms with Crippen LogP contribution in [0, 0.1) is 11.8 Å². The van der Waals surface area contributed by atoms with E-state index in [9.17, 15) is 49.1 Å². The first-order chi connectivity index (χ1) is 20.7. The molecule has 1 saturated carbocycles. The maximum Gasteiger partial charge on any atom is 0.573 e. The normalized spacial score (nSPS) is 20.6. The lowest BCUT2D eigenvalue weighted by Crippen LogP contribution is -2.42. The summed E-state index contributed by atoms with van der Waals surface area (Å²) in [5.41, 5.74) is -2.87. The Hall–Kier alpha value is -3.65. The Kier molecular flexibility index (Phi) is 11.0. The van der Waals surface area contributed by atoms with Crippen LogP contribution in [0.15, 0.2) is 53.6 Å². The van der Waals surface area contributed by atoms with Crippen LogP contribution in [0.4, 0.5) is 50.0 Å². The van der Waals surface area contributed by atoms with E-state index >= 15 is 0 Å². The van der Waals surface area contributed by atoms with Gasteiger partial charge >= 0.3 is 24.8 Å². The Bertz CT molecular complexity index is 1330. The van der Waals surface area contributed by atoms with Gasteiger partial charge in [-0.3, -0.25) is 9.69 Å². The molecule has 0 N–H and O–H groups in total. The standard InChI is InChI=1S/C30H33F9N2O4/c1-5-21(28(31,32)33)14-22(29(34,35)36)9-12-25-18(4)40(27(43)44-25)16-20-13-23(45-30(37,38)39)10-11-24(20)41(15-17(2)3)26(42)19-7-6-8-19/h5,9-14,17-19,25H,6-8,15-16H2,1-4H3/b12-9+,21-5+,22-14+/t18-,25+/m0/s1. The highest BCUT2D eigenvalue weighted by Crippen LogP contribution is 2.37. The van der Waals surface area contributed by atoms with Crippen LogP contribution >= 0.6 is 0 Å². The quantitative estimate of drug-likeness (QED) is 0.187. The number of carbonyl (C=O) groups is 2. The number of rotatable bonds is 10. The largest absolute Gasteiger partial charge is 0.573 e. The predicted octanol–water partition coefficient (Wildman–Crippen LogP) is 8.64. The number of benzene rings is 1. The fourth-order valence-corrected chi connectivity index (χ4v) is 4.83. The summed E-state index contributed by atoms with van der Waals surface area (Å²) in [5, 5.41) is 0. The molecule has 1 aliphatic heterocycles.